The number of hydrogen-bond donors (Lipinski definition) is 2. The number of nitrogen functional groups attached to an aromatic ring is 1. The molecule has 0 aromatic heterocycles. The highest BCUT2D eigenvalue weighted by Gasteiger charge is 2.21. The summed E-state index contributed by atoms with van der Waals surface area (Å²) < 4.78 is 5.21. The molecule has 0 fully saturated rings. The number of benzene rings is 1. The molecule has 1 heterocycles. The van der Waals surface area contributed by atoms with E-state index in [2.05, 4.69) is 24.1 Å². The summed E-state index contributed by atoms with van der Waals surface area (Å²) in [7, 11) is 1.70. The van der Waals surface area contributed by atoms with E-state index in [4.69, 9.17) is 10.5 Å². The Morgan fingerprint density at radius 1 is 1.43 bits per heavy atom. The van der Waals surface area contributed by atoms with E-state index in [1.54, 1.807) is 7.11 Å². The molecule has 1 amide bonds. The number of fused-ring (bicyclic) bond motifs is 1. The number of rotatable bonds is 6. The lowest BCUT2D eigenvalue weighted by Gasteiger charge is -2.33. The van der Waals surface area contributed by atoms with Crippen LogP contribution in [-0.2, 0) is 16.0 Å². The Kier molecular flexibility index (Phi) is 5.07. The predicted molar refractivity (Wildman–Crippen MR) is 86.8 cm³/mol. The molecule has 1 aromatic carbocycles. The molecular formula is C16H25N3O2. The molecule has 2 rings (SSSR count). The van der Waals surface area contributed by atoms with E-state index in [1.165, 1.54) is 0 Å². The molecule has 5 nitrogen and oxygen atoms in total. The first-order valence-electron chi connectivity index (χ1n) is 7.54. The molecule has 0 saturated heterocycles. The van der Waals surface area contributed by atoms with Gasteiger partial charge in [0, 0.05) is 31.8 Å². The number of methoxy groups -OCH3 is 1. The Bertz CT molecular complexity index is 516. The predicted octanol–water partition coefficient (Wildman–Crippen LogP) is 2.40. The zero-order valence-electron chi connectivity index (χ0n) is 13.1. The Labute approximate surface area is 126 Å². The van der Waals surface area contributed by atoms with Crippen molar-refractivity contribution < 1.29 is 9.53 Å². The van der Waals surface area contributed by atoms with E-state index in [1.807, 2.05) is 12.1 Å². The quantitative estimate of drug-likeness (QED) is 0.790. The number of ether oxygens (including phenoxy) is 1. The first-order chi connectivity index (χ1) is 10.1. The second-order valence-corrected chi connectivity index (χ2v) is 5.56. The number of nitrogens with zero attached hydrogens (tertiary/aromatic N) is 1. The molecule has 0 saturated carbocycles. The van der Waals surface area contributed by atoms with Gasteiger partial charge in [0.1, 0.15) is 0 Å². The summed E-state index contributed by atoms with van der Waals surface area (Å²) in [6.45, 7) is 5.75. The number of anilines is 3. The number of nitrogens with two attached hydrogens (primary N) is 1. The van der Waals surface area contributed by atoms with Gasteiger partial charge in [-0.2, -0.15) is 0 Å². The van der Waals surface area contributed by atoms with Crippen LogP contribution in [0, 0.1) is 0 Å². The van der Waals surface area contributed by atoms with Crippen molar-refractivity contribution in [3.05, 3.63) is 17.7 Å². The van der Waals surface area contributed by atoms with Crippen LogP contribution >= 0.6 is 0 Å². The minimum atomic E-state index is 0.0743. The molecular weight excluding hydrogens is 266 g/mol. The van der Waals surface area contributed by atoms with Gasteiger partial charge < -0.3 is 20.7 Å². The lowest BCUT2D eigenvalue weighted by Crippen LogP contribution is -2.36. The minimum Gasteiger partial charge on any atom is -0.397 e. The summed E-state index contributed by atoms with van der Waals surface area (Å²) in [5.41, 5.74) is 10.00. The summed E-state index contributed by atoms with van der Waals surface area (Å²) in [5.74, 6) is 0.0743. The van der Waals surface area contributed by atoms with Crippen molar-refractivity contribution in [2.24, 2.45) is 0 Å². The third-order valence-electron chi connectivity index (χ3n) is 4.12. The fraction of sp³-hybridized carbons (Fsp3) is 0.562. The van der Waals surface area contributed by atoms with Crippen molar-refractivity contribution in [3.63, 3.8) is 0 Å². The third-order valence-corrected chi connectivity index (χ3v) is 4.12. The van der Waals surface area contributed by atoms with Crippen LogP contribution in [0.4, 0.5) is 17.1 Å². The number of aryl methyl sites for hydroxylation is 1. The molecule has 116 valence electrons. The van der Waals surface area contributed by atoms with Crippen LogP contribution in [0.15, 0.2) is 12.1 Å². The topological polar surface area (TPSA) is 67.6 Å². The van der Waals surface area contributed by atoms with Crippen molar-refractivity contribution in [1.82, 2.24) is 0 Å². The van der Waals surface area contributed by atoms with E-state index < -0.39 is 0 Å². The molecule has 0 spiro atoms. The number of carbonyl (C=O) groups excluding carboxylic acids is 1. The van der Waals surface area contributed by atoms with Crippen molar-refractivity contribution in [3.8, 4) is 0 Å². The maximum Gasteiger partial charge on any atom is 0.224 e. The van der Waals surface area contributed by atoms with Gasteiger partial charge in [-0.25, -0.2) is 0 Å². The van der Waals surface area contributed by atoms with Crippen molar-refractivity contribution in [1.29, 1.82) is 0 Å². The average molecular weight is 291 g/mol. The molecule has 1 atom stereocenters. The van der Waals surface area contributed by atoms with Gasteiger partial charge in [0.15, 0.2) is 0 Å². The van der Waals surface area contributed by atoms with E-state index in [0.717, 1.165) is 42.0 Å². The zero-order valence-corrected chi connectivity index (χ0v) is 13.1. The second-order valence-electron chi connectivity index (χ2n) is 5.56. The smallest absolute Gasteiger partial charge is 0.224 e. The molecule has 1 aliphatic rings. The van der Waals surface area contributed by atoms with Gasteiger partial charge in [0.05, 0.1) is 18.0 Å². The maximum absolute atomic E-state index is 11.6. The first-order valence-corrected chi connectivity index (χ1v) is 7.54. The van der Waals surface area contributed by atoms with E-state index in [-0.39, 0.29) is 5.91 Å². The SMILES string of the molecule is CCC(C)N(CCOC)c1cc2c(cc1N)CCC(=O)N2. The molecule has 1 aromatic rings. The zero-order chi connectivity index (χ0) is 15.4. The van der Waals surface area contributed by atoms with E-state index in [9.17, 15) is 4.79 Å². The van der Waals surface area contributed by atoms with Crippen LogP contribution in [0.1, 0.15) is 32.3 Å². The number of hydrogen-bond acceptors (Lipinski definition) is 4. The van der Waals surface area contributed by atoms with Crippen LogP contribution in [0.2, 0.25) is 0 Å². The van der Waals surface area contributed by atoms with Crippen molar-refractivity contribution in [2.45, 2.75) is 39.2 Å². The monoisotopic (exact) mass is 291 g/mol. The number of carbonyl (C=O) groups is 1. The molecule has 0 aliphatic carbocycles. The lowest BCUT2D eigenvalue weighted by molar-refractivity contribution is -0.116. The summed E-state index contributed by atoms with van der Waals surface area (Å²) >= 11 is 0. The van der Waals surface area contributed by atoms with Crippen LogP contribution in [0.25, 0.3) is 0 Å². The summed E-state index contributed by atoms with van der Waals surface area (Å²) in [5, 5.41) is 2.94. The Hall–Kier alpha value is -1.75. The van der Waals surface area contributed by atoms with Crippen LogP contribution in [0.3, 0.4) is 0 Å². The van der Waals surface area contributed by atoms with Crippen LogP contribution in [0.5, 0.6) is 0 Å². The maximum atomic E-state index is 11.6. The molecule has 3 N–H and O–H groups in total. The molecule has 5 heteroatoms. The molecule has 21 heavy (non-hydrogen) atoms. The van der Waals surface area contributed by atoms with Gasteiger partial charge in [0.2, 0.25) is 5.91 Å². The van der Waals surface area contributed by atoms with Gasteiger partial charge in [-0.3, -0.25) is 4.79 Å². The standard InChI is InChI=1S/C16H25N3O2/c1-4-11(2)19(7-8-21-3)15-10-14-12(9-13(15)17)5-6-16(20)18-14/h9-11H,4-8,17H2,1-3H3,(H,18,20). The summed E-state index contributed by atoms with van der Waals surface area (Å²) in [6.07, 6.45) is 2.31. The van der Waals surface area contributed by atoms with Crippen LogP contribution < -0.4 is 16.0 Å². The van der Waals surface area contributed by atoms with E-state index >= 15 is 0 Å². The molecule has 0 radical (unpaired) electrons. The van der Waals surface area contributed by atoms with Gasteiger partial charge >= 0.3 is 0 Å². The van der Waals surface area contributed by atoms with Gasteiger partial charge in [-0.05, 0) is 37.5 Å². The van der Waals surface area contributed by atoms with Crippen LogP contribution in [-0.4, -0.2) is 32.2 Å². The summed E-state index contributed by atoms with van der Waals surface area (Å²) in [4.78, 5) is 13.8. The molecule has 1 unspecified atom stereocenters. The Morgan fingerprint density at radius 2 is 2.19 bits per heavy atom. The second kappa shape index (κ2) is 6.80. The van der Waals surface area contributed by atoms with Crippen molar-refractivity contribution in [2.75, 3.05) is 36.2 Å². The van der Waals surface area contributed by atoms with Gasteiger partial charge in [-0.15, -0.1) is 0 Å². The van der Waals surface area contributed by atoms with Gasteiger partial charge in [0.25, 0.3) is 0 Å². The molecule has 0 bridgehead atoms. The van der Waals surface area contributed by atoms with E-state index in [0.29, 0.717) is 19.1 Å². The Morgan fingerprint density at radius 3 is 2.86 bits per heavy atom. The highest BCUT2D eigenvalue weighted by molar-refractivity contribution is 5.95. The highest BCUT2D eigenvalue weighted by atomic mass is 16.5. The van der Waals surface area contributed by atoms with Gasteiger partial charge in [-0.1, -0.05) is 6.92 Å². The fourth-order valence-corrected chi connectivity index (χ4v) is 2.67. The largest absolute Gasteiger partial charge is 0.397 e. The summed E-state index contributed by atoms with van der Waals surface area (Å²) in [6, 6.07) is 4.36. The number of amides is 1. The lowest BCUT2D eigenvalue weighted by atomic mass is 10.0. The normalized spacial score (nSPS) is 15.3. The Balaban J connectivity index is 2.35. The molecule has 1 aliphatic heterocycles. The number of nitrogens with one attached hydrogen (secondary N) is 1. The highest BCUT2D eigenvalue weighted by Crippen LogP contribution is 2.34. The fourth-order valence-electron chi connectivity index (χ4n) is 2.67. The average Bonchev–Trinajstić information content (AvgIpc) is 2.48. The first kappa shape index (κ1) is 15.6. The van der Waals surface area contributed by atoms with Crippen molar-refractivity contribution >= 4 is 23.0 Å². The minimum absolute atomic E-state index is 0.0743. The third kappa shape index (κ3) is 3.47.